The number of nitrogens with one attached hydrogen (secondary N) is 1. The summed E-state index contributed by atoms with van der Waals surface area (Å²) in [6.45, 7) is 6.45. The zero-order valence-electron chi connectivity index (χ0n) is 10.8. The van der Waals surface area contributed by atoms with Crippen LogP contribution in [0, 0.1) is 0 Å². The minimum Gasteiger partial charge on any atom is -0.507 e. The summed E-state index contributed by atoms with van der Waals surface area (Å²) in [5, 5.41) is 22.7. The van der Waals surface area contributed by atoms with Gasteiger partial charge < -0.3 is 20.3 Å². The fourth-order valence-corrected chi connectivity index (χ4v) is 1.56. The van der Waals surface area contributed by atoms with E-state index < -0.39 is 0 Å². The van der Waals surface area contributed by atoms with E-state index in [0.717, 1.165) is 0 Å². The average molecular weight is 239 g/mol. The second kappa shape index (κ2) is 5.38. The van der Waals surface area contributed by atoms with E-state index in [1.54, 1.807) is 25.3 Å². The lowest BCUT2D eigenvalue weighted by Gasteiger charge is -2.26. The Bertz CT molecular complexity index is 357. The van der Waals surface area contributed by atoms with Crippen LogP contribution in [0.25, 0.3) is 0 Å². The molecule has 0 aliphatic rings. The topological polar surface area (TPSA) is 61.7 Å². The van der Waals surface area contributed by atoms with Gasteiger partial charge in [-0.2, -0.15) is 0 Å². The Hall–Kier alpha value is -1.26. The fraction of sp³-hybridized carbons (Fsp3) is 0.538. The van der Waals surface area contributed by atoms with Crippen molar-refractivity contribution in [3.63, 3.8) is 0 Å². The van der Waals surface area contributed by atoms with Gasteiger partial charge in [0, 0.05) is 19.7 Å². The molecule has 1 aromatic carbocycles. The largest absolute Gasteiger partial charge is 0.507 e. The van der Waals surface area contributed by atoms with Crippen molar-refractivity contribution in [2.45, 2.75) is 32.4 Å². The van der Waals surface area contributed by atoms with Crippen LogP contribution in [-0.4, -0.2) is 29.5 Å². The summed E-state index contributed by atoms with van der Waals surface area (Å²) in [6, 6.07) is 4.59. The van der Waals surface area contributed by atoms with Crippen molar-refractivity contribution in [2.24, 2.45) is 0 Å². The summed E-state index contributed by atoms with van der Waals surface area (Å²) in [6.07, 6.45) is 0. The Morgan fingerprint density at radius 3 is 2.29 bits per heavy atom. The third-order valence-electron chi connectivity index (χ3n) is 2.88. The monoisotopic (exact) mass is 239 g/mol. The van der Waals surface area contributed by atoms with Crippen LogP contribution < -0.4 is 5.32 Å². The van der Waals surface area contributed by atoms with Crippen LogP contribution >= 0.6 is 0 Å². The lowest BCUT2D eigenvalue weighted by molar-refractivity contribution is 0.0213. The van der Waals surface area contributed by atoms with Crippen LogP contribution in [-0.2, 0) is 4.74 Å². The molecule has 0 saturated carbocycles. The molecule has 1 unspecified atom stereocenters. The Kier molecular flexibility index (Phi) is 4.37. The number of aromatic hydroxyl groups is 2. The molecule has 0 amide bonds. The van der Waals surface area contributed by atoms with Gasteiger partial charge in [-0.05, 0) is 32.9 Å². The van der Waals surface area contributed by atoms with Crippen molar-refractivity contribution in [3.05, 3.63) is 23.8 Å². The second-order valence-corrected chi connectivity index (χ2v) is 4.78. The van der Waals surface area contributed by atoms with Gasteiger partial charge in [0.25, 0.3) is 0 Å². The van der Waals surface area contributed by atoms with Gasteiger partial charge in [-0.1, -0.05) is 6.07 Å². The van der Waals surface area contributed by atoms with Gasteiger partial charge >= 0.3 is 0 Å². The molecule has 17 heavy (non-hydrogen) atoms. The van der Waals surface area contributed by atoms with E-state index in [4.69, 9.17) is 4.74 Å². The maximum Gasteiger partial charge on any atom is 0.124 e. The first kappa shape index (κ1) is 13.8. The number of phenols is 2. The minimum atomic E-state index is -0.283. The van der Waals surface area contributed by atoms with Crippen molar-refractivity contribution < 1.29 is 14.9 Å². The van der Waals surface area contributed by atoms with Crippen LogP contribution in [0.5, 0.6) is 11.5 Å². The quantitative estimate of drug-likeness (QED) is 0.737. The molecule has 1 atom stereocenters. The van der Waals surface area contributed by atoms with Crippen LogP contribution in [0.15, 0.2) is 18.2 Å². The van der Waals surface area contributed by atoms with Crippen molar-refractivity contribution in [1.82, 2.24) is 5.32 Å². The van der Waals surface area contributed by atoms with Gasteiger partial charge in [0.2, 0.25) is 0 Å². The summed E-state index contributed by atoms with van der Waals surface area (Å²) in [5.74, 6) is 0.195. The summed E-state index contributed by atoms with van der Waals surface area (Å²) in [4.78, 5) is 0. The van der Waals surface area contributed by atoms with Crippen molar-refractivity contribution in [1.29, 1.82) is 0 Å². The molecule has 0 radical (unpaired) electrons. The highest BCUT2D eigenvalue weighted by Gasteiger charge is 2.20. The van der Waals surface area contributed by atoms with Gasteiger partial charge in [-0.25, -0.2) is 0 Å². The SMILES string of the molecule is COC(C)(C)CNC(C)c1c(O)cccc1O. The Labute approximate surface area is 102 Å². The smallest absolute Gasteiger partial charge is 0.124 e. The molecule has 0 aliphatic heterocycles. The molecule has 0 heterocycles. The summed E-state index contributed by atoms with van der Waals surface area (Å²) < 4.78 is 5.30. The molecule has 0 aromatic heterocycles. The molecule has 0 fully saturated rings. The lowest BCUT2D eigenvalue weighted by atomic mass is 10.0. The van der Waals surface area contributed by atoms with E-state index in [2.05, 4.69) is 5.32 Å². The average Bonchev–Trinajstić information content (AvgIpc) is 2.26. The van der Waals surface area contributed by atoms with Gasteiger partial charge in [-0.15, -0.1) is 0 Å². The van der Waals surface area contributed by atoms with Gasteiger partial charge in [0.15, 0.2) is 0 Å². The number of phenolic OH excluding ortho intramolecular Hbond substituents is 2. The minimum absolute atomic E-state index is 0.0974. The fourth-order valence-electron chi connectivity index (χ4n) is 1.56. The Balaban J connectivity index is 2.74. The molecule has 0 bridgehead atoms. The van der Waals surface area contributed by atoms with Crippen molar-refractivity contribution in [3.8, 4) is 11.5 Å². The Morgan fingerprint density at radius 1 is 1.29 bits per heavy atom. The third kappa shape index (κ3) is 3.61. The molecule has 4 nitrogen and oxygen atoms in total. The molecule has 0 aliphatic carbocycles. The number of hydrogen-bond acceptors (Lipinski definition) is 4. The molecule has 3 N–H and O–H groups in total. The zero-order valence-corrected chi connectivity index (χ0v) is 10.8. The maximum absolute atomic E-state index is 9.72. The number of hydrogen-bond donors (Lipinski definition) is 3. The number of ether oxygens (including phenoxy) is 1. The molecule has 0 saturated heterocycles. The normalized spacial score (nSPS) is 13.6. The highest BCUT2D eigenvalue weighted by Crippen LogP contribution is 2.32. The first-order chi connectivity index (χ1) is 7.87. The summed E-state index contributed by atoms with van der Waals surface area (Å²) in [5.41, 5.74) is 0.230. The predicted octanol–water partition coefficient (Wildman–Crippen LogP) is 2.17. The molecular weight excluding hydrogens is 218 g/mol. The van der Waals surface area contributed by atoms with Gasteiger partial charge in [0.1, 0.15) is 11.5 Å². The summed E-state index contributed by atoms with van der Waals surface area (Å²) in [7, 11) is 1.66. The first-order valence-corrected chi connectivity index (χ1v) is 5.67. The molecule has 96 valence electrons. The number of rotatable bonds is 5. The molecule has 1 rings (SSSR count). The maximum atomic E-state index is 9.72. The van der Waals surface area contributed by atoms with Gasteiger partial charge in [-0.3, -0.25) is 0 Å². The first-order valence-electron chi connectivity index (χ1n) is 5.67. The summed E-state index contributed by atoms with van der Waals surface area (Å²) >= 11 is 0. The van der Waals surface area contributed by atoms with E-state index in [9.17, 15) is 10.2 Å². The van der Waals surface area contributed by atoms with Crippen molar-refractivity contribution >= 4 is 0 Å². The molecular formula is C13H21NO3. The van der Waals surface area contributed by atoms with Gasteiger partial charge in [0.05, 0.1) is 11.2 Å². The zero-order chi connectivity index (χ0) is 13.1. The van der Waals surface area contributed by atoms with Crippen LogP contribution in [0.3, 0.4) is 0 Å². The number of methoxy groups -OCH3 is 1. The molecule has 1 aromatic rings. The van der Waals surface area contributed by atoms with E-state index in [1.807, 2.05) is 20.8 Å². The predicted molar refractivity (Wildman–Crippen MR) is 67.3 cm³/mol. The highest BCUT2D eigenvalue weighted by atomic mass is 16.5. The molecule has 4 heteroatoms. The van der Waals surface area contributed by atoms with E-state index in [0.29, 0.717) is 12.1 Å². The highest BCUT2D eigenvalue weighted by molar-refractivity contribution is 5.44. The van der Waals surface area contributed by atoms with Crippen LogP contribution in [0.1, 0.15) is 32.4 Å². The van der Waals surface area contributed by atoms with Crippen LogP contribution in [0.4, 0.5) is 0 Å². The molecule has 0 spiro atoms. The third-order valence-corrected chi connectivity index (χ3v) is 2.88. The lowest BCUT2D eigenvalue weighted by Crippen LogP contribution is -2.37. The van der Waals surface area contributed by atoms with E-state index in [-0.39, 0.29) is 23.1 Å². The van der Waals surface area contributed by atoms with E-state index in [1.165, 1.54) is 0 Å². The van der Waals surface area contributed by atoms with E-state index >= 15 is 0 Å². The second-order valence-electron chi connectivity index (χ2n) is 4.78. The Morgan fingerprint density at radius 2 is 1.82 bits per heavy atom. The van der Waals surface area contributed by atoms with Crippen LogP contribution in [0.2, 0.25) is 0 Å². The van der Waals surface area contributed by atoms with Crippen molar-refractivity contribution in [2.75, 3.05) is 13.7 Å². The standard InChI is InChI=1S/C13H21NO3/c1-9(14-8-13(2,3)17-4)12-10(15)6-5-7-11(12)16/h5-7,9,14-16H,8H2,1-4H3. The number of benzene rings is 1.